The average Bonchev–Trinajstić information content (AvgIpc) is 3.69. The first-order chi connectivity index (χ1) is 20.2. The SMILES string of the molecule is CC(=O)N1CCC(c2nn(CC(=O)NCc3nc([C@@H](C)O)n[nH]3)c3cccc(-c4cc5c(cnn5C)cc4F)c23)CC1. The lowest BCUT2D eigenvalue weighted by molar-refractivity contribution is -0.129. The van der Waals surface area contributed by atoms with E-state index in [1.54, 1.807) is 35.5 Å². The number of benzene rings is 2. The molecule has 1 aliphatic heterocycles. The van der Waals surface area contributed by atoms with E-state index < -0.39 is 6.10 Å². The molecule has 1 atom stereocenters. The molecule has 12 nitrogen and oxygen atoms in total. The molecule has 0 aliphatic carbocycles. The Hall–Kier alpha value is -4.65. The number of piperidine rings is 1. The lowest BCUT2D eigenvalue weighted by Gasteiger charge is -2.30. The number of nitrogens with zero attached hydrogens (tertiary/aromatic N) is 7. The second-order valence-corrected chi connectivity index (χ2v) is 10.8. The van der Waals surface area contributed by atoms with Gasteiger partial charge in [-0.3, -0.25) is 24.1 Å². The van der Waals surface area contributed by atoms with E-state index in [4.69, 9.17) is 5.10 Å². The minimum absolute atomic E-state index is 0.0325. The smallest absolute Gasteiger partial charge is 0.242 e. The number of aliphatic hydroxyl groups is 1. The van der Waals surface area contributed by atoms with Crippen LogP contribution in [0.25, 0.3) is 32.9 Å². The number of aliphatic hydroxyl groups excluding tert-OH is 1. The third kappa shape index (κ3) is 5.11. The summed E-state index contributed by atoms with van der Waals surface area (Å²) < 4.78 is 19.0. The predicted octanol–water partition coefficient (Wildman–Crippen LogP) is 2.94. The number of aryl methyl sites for hydroxylation is 1. The molecule has 3 aromatic heterocycles. The van der Waals surface area contributed by atoms with E-state index in [1.807, 2.05) is 30.1 Å². The second kappa shape index (κ2) is 11.0. The number of hydrogen-bond acceptors (Lipinski definition) is 7. The normalized spacial score (nSPS) is 15.0. The van der Waals surface area contributed by atoms with Gasteiger partial charge in [0, 0.05) is 49.3 Å². The van der Waals surface area contributed by atoms with Crippen molar-refractivity contribution in [3.8, 4) is 11.1 Å². The van der Waals surface area contributed by atoms with Crippen molar-refractivity contribution in [3.63, 3.8) is 0 Å². The highest BCUT2D eigenvalue weighted by Crippen LogP contribution is 2.39. The van der Waals surface area contributed by atoms with Crippen LogP contribution in [0.15, 0.2) is 36.5 Å². The Morgan fingerprint density at radius 2 is 1.98 bits per heavy atom. The van der Waals surface area contributed by atoms with Gasteiger partial charge < -0.3 is 15.3 Å². The van der Waals surface area contributed by atoms with Crippen molar-refractivity contribution in [1.82, 2.24) is 45.0 Å². The fourth-order valence-electron chi connectivity index (χ4n) is 5.69. The van der Waals surface area contributed by atoms with E-state index in [-0.39, 0.29) is 42.5 Å². The number of halogens is 1. The number of nitrogens with one attached hydrogen (secondary N) is 2. The molecule has 1 saturated heterocycles. The summed E-state index contributed by atoms with van der Waals surface area (Å²) in [7, 11) is 1.82. The molecule has 3 N–H and O–H groups in total. The van der Waals surface area contributed by atoms with E-state index in [0.29, 0.717) is 53.8 Å². The predicted molar refractivity (Wildman–Crippen MR) is 152 cm³/mol. The van der Waals surface area contributed by atoms with Crippen molar-refractivity contribution in [2.45, 2.75) is 51.8 Å². The fourth-order valence-corrected chi connectivity index (χ4v) is 5.69. The molecule has 2 aromatic carbocycles. The Balaban J connectivity index is 1.37. The molecule has 42 heavy (non-hydrogen) atoms. The first kappa shape index (κ1) is 27.5. The minimum atomic E-state index is -0.820. The summed E-state index contributed by atoms with van der Waals surface area (Å²) >= 11 is 0. The third-order valence-electron chi connectivity index (χ3n) is 7.93. The van der Waals surface area contributed by atoms with Gasteiger partial charge in [0.05, 0.1) is 29.5 Å². The van der Waals surface area contributed by atoms with Crippen LogP contribution in [0, 0.1) is 5.82 Å². The molecule has 5 aromatic rings. The van der Waals surface area contributed by atoms with Crippen molar-refractivity contribution in [2.24, 2.45) is 7.05 Å². The molecule has 6 rings (SSSR count). The van der Waals surface area contributed by atoms with Gasteiger partial charge in [-0.1, -0.05) is 12.1 Å². The Bertz CT molecular complexity index is 1800. The number of amides is 2. The summed E-state index contributed by atoms with van der Waals surface area (Å²) in [5.41, 5.74) is 3.43. The number of carbonyl (C=O) groups is 2. The molecule has 1 aliphatic rings. The fraction of sp³-hybridized carbons (Fsp3) is 0.379. The standard InChI is InChI=1S/C29H32FN9O3/c1-16(40)29-33-25(34-35-29)14-31-26(42)15-39-23-6-4-5-20(21-12-24-19(11-22(21)30)13-32-37(24)3)27(23)28(36-39)18-7-9-38(10-8-18)17(2)41/h4-6,11-13,16,18,40H,7-10,14-15H2,1-3H3,(H,31,42)(H,33,34,35)/t16-/m1/s1. The molecule has 13 heteroatoms. The lowest BCUT2D eigenvalue weighted by Crippen LogP contribution is -2.36. The maximum absolute atomic E-state index is 15.6. The van der Waals surface area contributed by atoms with Crippen molar-refractivity contribution in [1.29, 1.82) is 0 Å². The number of H-pyrrole nitrogens is 1. The molecule has 0 spiro atoms. The molecular weight excluding hydrogens is 541 g/mol. The van der Waals surface area contributed by atoms with Crippen LogP contribution in [0.3, 0.4) is 0 Å². The van der Waals surface area contributed by atoms with E-state index in [1.165, 1.54) is 6.07 Å². The summed E-state index contributed by atoms with van der Waals surface area (Å²) in [4.78, 5) is 31.0. The van der Waals surface area contributed by atoms with E-state index in [0.717, 1.165) is 16.6 Å². The first-order valence-corrected chi connectivity index (χ1v) is 13.9. The van der Waals surface area contributed by atoms with Gasteiger partial charge in [-0.15, -0.1) is 0 Å². The van der Waals surface area contributed by atoms with Crippen LogP contribution in [0.5, 0.6) is 0 Å². The molecule has 2 amide bonds. The van der Waals surface area contributed by atoms with Crippen LogP contribution in [0.2, 0.25) is 0 Å². The number of likely N-dealkylation sites (tertiary alicyclic amines) is 1. The van der Waals surface area contributed by atoms with Crippen molar-refractivity contribution >= 4 is 33.6 Å². The molecule has 0 radical (unpaired) electrons. The molecule has 218 valence electrons. The summed E-state index contributed by atoms with van der Waals surface area (Å²) in [6.07, 6.45) is 2.25. The van der Waals surface area contributed by atoms with Crippen molar-refractivity contribution in [3.05, 3.63) is 59.7 Å². The van der Waals surface area contributed by atoms with Gasteiger partial charge in [0.2, 0.25) is 11.8 Å². The zero-order chi connectivity index (χ0) is 29.5. The lowest BCUT2D eigenvalue weighted by atomic mass is 9.89. The van der Waals surface area contributed by atoms with E-state index >= 15 is 4.39 Å². The van der Waals surface area contributed by atoms with Crippen LogP contribution in [-0.2, 0) is 29.7 Å². The van der Waals surface area contributed by atoms with Gasteiger partial charge in [-0.25, -0.2) is 9.37 Å². The average molecular weight is 574 g/mol. The molecule has 4 heterocycles. The van der Waals surface area contributed by atoms with Gasteiger partial charge >= 0.3 is 0 Å². The number of hydrogen-bond donors (Lipinski definition) is 3. The van der Waals surface area contributed by atoms with Gasteiger partial charge in [-0.2, -0.15) is 15.3 Å². The second-order valence-electron chi connectivity index (χ2n) is 10.8. The maximum Gasteiger partial charge on any atom is 0.242 e. The number of carbonyl (C=O) groups excluding carboxylic acids is 2. The quantitative estimate of drug-likeness (QED) is 0.271. The number of aromatic amines is 1. The van der Waals surface area contributed by atoms with Crippen LogP contribution >= 0.6 is 0 Å². The summed E-state index contributed by atoms with van der Waals surface area (Å²) in [5, 5.41) is 29.8. The molecule has 1 fully saturated rings. The van der Waals surface area contributed by atoms with E-state index in [9.17, 15) is 14.7 Å². The zero-order valence-electron chi connectivity index (χ0n) is 23.6. The highest BCUT2D eigenvalue weighted by Gasteiger charge is 2.28. The Morgan fingerprint density at radius 3 is 2.69 bits per heavy atom. The van der Waals surface area contributed by atoms with Gasteiger partial charge in [0.25, 0.3) is 0 Å². The van der Waals surface area contributed by atoms with Crippen LogP contribution < -0.4 is 5.32 Å². The number of rotatable bonds is 7. The van der Waals surface area contributed by atoms with E-state index in [2.05, 4.69) is 25.6 Å². The van der Waals surface area contributed by atoms with Gasteiger partial charge in [0.15, 0.2) is 5.82 Å². The van der Waals surface area contributed by atoms with Gasteiger partial charge in [0.1, 0.15) is 24.3 Å². The number of fused-ring (bicyclic) bond motifs is 2. The van der Waals surface area contributed by atoms with Crippen LogP contribution in [0.1, 0.15) is 56.1 Å². The molecule has 0 unspecified atom stereocenters. The first-order valence-electron chi connectivity index (χ1n) is 13.9. The summed E-state index contributed by atoms with van der Waals surface area (Å²) in [6, 6.07) is 8.91. The highest BCUT2D eigenvalue weighted by molar-refractivity contribution is 5.99. The Morgan fingerprint density at radius 1 is 1.19 bits per heavy atom. The van der Waals surface area contributed by atoms with Crippen LogP contribution in [-0.4, -0.2) is 69.7 Å². The minimum Gasteiger partial charge on any atom is -0.385 e. The van der Waals surface area contributed by atoms with Crippen LogP contribution in [0.4, 0.5) is 4.39 Å². The van der Waals surface area contributed by atoms with Crippen molar-refractivity contribution < 1.29 is 19.1 Å². The maximum atomic E-state index is 15.6. The monoisotopic (exact) mass is 573 g/mol. The van der Waals surface area contributed by atoms with Gasteiger partial charge in [-0.05, 0) is 43.5 Å². The molecular formula is C29H32FN9O3. The zero-order valence-corrected chi connectivity index (χ0v) is 23.6. The summed E-state index contributed by atoms with van der Waals surface area (Å²) in [6.45, 7) is 4.39. The largest absolute Gasteiger partial charge is 0.385 e. The highest BCUT2D eigenvalue weighted by atomic mass is 19.1. The Kier molecular flexibility index (Phi) is 7.19. The number of aromatic nitrogens is 7. The molecule has 0 bridgehead atoms. The summed E-state index contributed by atoms with van der Waals surface area (Å²) in [5.74, 6) is 0.0904. The molecule has 0 saturated carbocycles. The topological polar surface area (TPSA) is 147 Å². The van der Waals surface area contributed by atoms with Crippen molar-refractivity contribution in [2.75, 3.05) is 13.1 Å². The Labute approximate surface area is 240 Å². The third-order valence-corrected chi connectivity index (χ3v) is 7.93.